The summed E-state index contributed by atoms with van der Waals surface area (Å²) >= 11 is 1.30. The van der Waals surface area contributed by atoms with Crippen LogP contribution < -0.4 is 0 Å². The summed E-state index contributed by atoms with van der Waals surface area (Å²) in [6, 6.07) is 8.93. The molecule has 1 aliphatic heterocycles. The van der Waals surface area contributed by atoms with Crippen LogP contribution >= 0.6 is 11.8 Å². The molecule has 0 spiro atoms. The van der Waals surface area contributed by atoms with Gasteiger partial charge in [0.25, 0.3) is 11.7 Å². The van der Waals surface area contributed by atoms with Gasteiger partial charge >= 0.3 is 0 Å². The molecule has 0 radical (unpaired) electrons. The number of furan rings is 2. The summed E-state index contributed by atoms with van der Waals surface area (Å²) in [4.78, 5) is 17.5. The number of aryl methyl sites for hydroxylation is 2. The van der Waals surface area contributed by atoms with Crippen molar-refractivity contribution in [2.24, 2.45) is 5.10 Å². The first-order valence-corrected chi connectivity index (χ1v) is 10.4. The molecule has 0 saturated heterocycles. The normalized spacial score (nSPS) is 16.4. The zero-order valence-corrected chi connectivity index (χ0v) is 17.2. The van der Waals surface area contributed by atoms with Gasteiger partial charge in [-0.2, -0.15) is 5.10 Å². The third-order valence-corrected chi connectivity index (χ3v) is 5.74. The average molecular weight is 422 g/mol. The zero-order valence-electron chi connectivity index (χ0n) is 16.3. The fourth-order valence-corrected chi connectivity index (χ4v) is 4.36. The molecule has 30 heavy (non-hydrogen) atoms. The largest absolute Gasteiger partial charge is 0.467 e. The summed E-state index contributed by atoms with van der Waals surface area (Å²) in [5, 5.41) is 14.9. The van der Waals surface area contributed by atoms with E-state index in [1.165, 1.54) is 16.8 Å². The van der Waals surface area contributed by atoms with Gasteiger partial charge in [0.05, 0.1) is 18.3 Å². The van der Waals surface area contributed by atoms with E-state index in [2.05, 4.69) is 20.3 Å². The molecule has 0 aliphatic carbocycles. The van der Waals surface area contributed by atoms with Crippen LogP contribution in [0.5, 0.6) is 0 Å². The van der Waals surface area contributed by atoms with E-state index < -0.39 is 0 Å². The maximum atomic E-state index is 13.1. The van der Waals surface area contributed by atoms with Crippen molar-refractivity contribution in [3.8, 4) is 0 Å². The maximum Gasteiger partial charge on any atom is 0.256 e. The number of hydrogen-bond acceptors (Lipinski definition) is 8. The minimum Gasteiger partial charge on any atom is -0.467 e. The predicted molar refractivity (Wildman–Crippen MR) is 109 cm³/mol. The number of thioether (sulfide) groups is 1. The first kappa shape index (κ1) is 18.6. The van der Waals surface area contributed by atoms with Gasteiger partial charge in [0.1, 0.15) is 23.3 Å². The lowest BCUT2D eigenvalue weighted by atomic mass is 10.1. The summed E-state index contributed by atoms with van der Waals surface area (Å²) in [6.45, 7) is 3.87. The quantitative estimate of drug-likeness (QED) is 0.454. The summed E-state index contributed by atoms with van der Waals surface area (Å²) < 4.78 is 12.9. The van der Waals surface area contributed by atoms with Gasteiger partial charge in [-0.15, -0.1) is 10.2 Å². The van der Waals surface area contributed by atoms with Gasteiger partial charge < -0.3 is 8.83 Å². The molecular weight excluding hydrogens is 404 g/mol. The Bertz CT molecular complexity index is 1230. The van der Waals surface area contributed by atoms with E-state index in [0.29, 0.717) is 34.6 Å². The number of hydrogen-bond donors (Lipinski definition) is 0. The summed E-state index contributed by atoms with van der Waals surface area (Å²) in [6.07, 6.45) is 3.71. The van der Waals surface area contributed by atoms with Gasteiger partial charge in [0.2, 0.25) is 0 Å². The Balaban J connectivity index is 1.39. The topological polar surface area (TPSA) is 102 Å². The highest BCUT2D eigenvalue weighted by Crippen LogP contribution is 2.34. The first-order valence-electron chi connectivity index (χ1n) is 9.39. The molecule has 0 saturated carbocycles. The van der Waals surface area contributed by atoms with Crippen molar-refractivity contribution in [3.63, 3.8) is 0 Å². The molecule has 9 nitrogen and oxygen atoms in total. The van der Waals surface area contributed by atoms with Gasteiger partial charge in [-0.25, -0.2) is 9.99 Å². The molecule has 0 aromatic carbocycles. The van der Waals surface area contributed by atoms with Crippen LogP contribution in [0.2, 0.25) is 0 Å². The Morgan fingerprint density at radius 1 is 1.20 bits per heavy atom. The average Bonchev–Trinajstić information content (AvgIpc) is 3.52. The number of nitrogens with zero attached hydrogens (tertiary/aromatic N) is 6. The fraction of sp³-hybridized carbons (Fsp3) is 0.250. The van der Waals surface area contributed by atoms with Crippen LogP contribution in [0.4, 0.5) is 0 Å². The lowest BCUT2D eigenvalue weighted by molar-refractivity contribution is -0.130. The number of carbonyl (C=O) groups excluding carboxylic acids is 1. The third kappa shape index (κ3) is 3.28. The van der Waals surface area contributed by atoms with Crippen LogP contribution in [0.3, 0.4) is 0 Å². The summed E-state index contributed by atoms with van der Waals surface area (Å²) in [5.74, 6) is 1.85. The van der Waals surface area contributed by atoms with Crippen molar-refractivity contribution in [1.29, 1.82) is 0 Å². The number of hydrazone groups is 1. The highest BCUT2D eigenvalue weighted by atomic mass is 32.2. The van der Waals surface area contributed by atoms with Crippen LogP contribution in [0, 0.1) is 13.8 Å². The second-order valence-corrected chi connectivity index (χ2v) is 7.89. The van der Waals surface area contributed by atoms with E-state index in [4.69, 9.17) is 8.83 Å². The second kappa shape index (κ2) is 7.45. The lowest BCUT2D eigenvalue weighted by Crippen LogP contribution is -2.28. The van der Waals surface area contributed by atoms with Crippen molar-refractivity contribution in [2.75, 3.05) is 5.75 Å². The Hall–Kier alpha value is -3.40. The lowest BCUT2D eigenvalue weighted by Gasteiger charge is -2.19. The predicted octanol–water partition coefficient (Wildman–Crippen LogP) is 3.40. The van der Waals surface area contributed by atoms with Gasteiger partial charge in [-0.05, 0) is 44.2 Å². The molecule has 0 bridgehead atoms. The van der Waals surface area contributed by atoms with Crippen molar-refractivity contribution in [1.82, 2.24) is 24.6 Å². The Kier molecular flexibility index (Phi) is 4.62. The Morgan fingerprint density at radius 2 is 2.03 bits per heavy atom. The first-order chi connectivity index (χ1) is 14.6. The third-order valence-electron chi connectivity index (χ3n) is 4.83. The summed E-state index contributed by atoms with van der Waals surface area (Å²) in [5.41, 5.74) is 2.55. The van der Waals surface area contributed by atoms with Crippen LogP contribution in [-0.2, 0) is 4.79 Å². The molecule has 4 aromatic rings. The zero-order chi connectivity index (χ0) is 20.7. The number of aromatic nitrogens is 4. The van der Waals surface area contributed by atoms with E-state index in [1.807, 2.05) is 36.4 Å². The van der Waals surface area contributed by atoms with Crippen LogP contribution in [0.1, 0.15) is 35.4 Å². The number of fused-ring (bicyclic) bond motifs is 1. The van der Waals surface area contributed by atoms with Crippen LogP contribution in [0.15, 0.2) is 62.0 Å². The molecule has 1 atom stereocenters. The molecule has 152 valence electrons. The van der Waals surface area contributed by atoms with Gasteiger partial charge in [-0.1, -0.05) is 11.8 Å². The van der Waals surface area contributed by atoms with Gasteiger partial charge in [0.15, 0.2) is 5.16 Å². The molecular formula is C20H18N6O3S. The van der Waals surface area contributed by atoms with Crippen molar-refractivity contribution in [3.05, 3.63) is 65.8 Å². The van der Waals surface area contributed by atoms with Gasteiger partial charge in [-0.3, -0.25) is 9.20 Å². The molecule has 0 fully saturated rings. The van der Waals surface area contributed by atoms with Gasteiger partial charge in [0, 0.05) is 17.8 Å². The fourth-order valence-electron chi connectivity index (χ4n) is 3.52. The molecule has 1 aliphatic rings. The Morgan fingerprint density at radius 3 is 2.80 bits per heavy atom. The molecule has 1 amide bonds. The van der Waals surface area contributed by atoms with Crippen LogP contribution in [-0.4, -0.2) is 42.0 Å². The van der Waals surface area contributed by atoms with E-state index in [-0.39, 0.29) is 17.7 Å². The molecule has 10 heteroatoms. The summed E-state index contributed by atoms with van der Waals surface area (Å²) in [7, 11) is 0. The molecule has 5 rings (SSSR count). The van der Waals surface area contributed by atoms with E-state index in [9.17, 15) is 4.79 Å². The minimum atomic E-state index is -0.311. The van der Waals surface area contributed by atoms with Crippen molar-refractivity contribution < 1.29 is 13.6 Å². The smallest absolute Gasteiger partial charge is 0.256 e. The second-order valence-electron chi connectivity index (χ2n) is 6.94. The molecule has 0 N–H and O–H groups in total. The minimum absolute atomic E-state index is 0.153. The number of amides is 1. The molecule has 5 heterocycles. The monoisotopic (exact) mass is 422 g/mol. The highest BCUT2D eigenvalue weighted by Gasteiger charge is 2.35. The van der Waals surface area contributed by atoms with Crippen molar-refractivity contribution in [2.45, 2.75) is 31.5 Å². The molecule has 4 aromatic heterocycles. The Labute approximate surface area is 175 Å². The highest BCUT2D eigenvalue weighted by molar-refractivity contribution is 7.99. The van der Waals surface area contributed by atoms with E-state index in [1.54, 1.807) is 24.7 Å². The standard InChI is InChI=1S/C20H18N6O3S/c1-12-9-13(2)25-19(21-12)22-23-20(25)30-11-18(27)26-15(17-6-4-8-29-17)10-14(24-26)16-5-3-7-28-16/h3-9,15H,10-11H2,1-2H3. The van der Waals surface area contributed by atoms with Crippen LogP contribution in [0.25, 0.3) is 5.78 Å². The molecule has 1 unspecified atom stereocenters. The van der Waals surface area contributed by atoms with E-state index >= 15 is 0 Å². The van der Waals surface area contributed by atoms with E-state index in [0.717, 1.165) is 11.4 Å². The number of carbonyl (C=O) groups is 1. The number of rotatable bonds is 5. The SMILES string of the molecule is Cc1cc(C)n2c(SCC(=O)N3N=C(c4ccco4)CC3c3ccco3)nnc2n1. The van der Waals surface area contributed by atoms with Crippen molar-refractivity contribution >= 4 is 29.2 Å². The maximum absolute atomic E-state index is 13.1.